The molecule has 1 aromatic carbocycles. The maximum absolute atomic E-state index is 14.5. The third kappa shape index (κ3) is 4.90. The Morgan fingerprint density at radius 3 is 2.72 bits per heavy atom. The zero-order valence-corrected chi connectivity index (χ0v) is 21.9. The molecule has 3 heterocycles. The summed E-state index contributed by atoms with van der Waals surface area (Å²) in [4.78, 5) is 24.8. The molecule has 2 aromatic rings. The molecule has 2 aliphatic heterocycles. The second-order valence-corrected chi connectivity index (χ2v) is 11.7. The van der Waals surface area contributed by atoms with E-state index in [1.165, 1.54) is 12.6 Å². The first-order chi connectivity index (χ1) is 17.1. The number of hydrogen-bond donors (Lipinski definition) is 2. The normalized spacial score (nSPS) is 27.8. The predicted octanol–water partition coefficient (Wildman–Crippen LogP) is 5.15. The Morgan fingerprint density at radius 2 is 2.03 bits per heavy atom. The van der Waals surface area contributed by atoms with Crippen molar-refractivity contribution >= 4 is 29.3 Å². The third-order valence-corrected chi connectivity index (χ3v) is 8.79. The van der Waals surface area contributed by atoms with Gasteiger partial charge in [-0.25, -0.2) is 9.37 Å². The van der Waals surface area contributed by atoms with Gasteiger partial charge in [0.05, 0.1) is 17.7 Å². The molecular weight excluding hydrogens is 481 g/mol. The van der Waals surface area contributed by atoms with Crippen molar-refractivity contribution in [1.29, 1.82) is 0 Å². The second kappa shape index (κ2) is 9.78. The molecule has 2 saturated heterocycles. The van der Waals surface area contributed by atoms with Crippen LogP contribution >= 0.6 is 11.6 Å². The number of likely N-dealkylation sites (tertiary alicyclic amines) is 1. The van der Waals surface area contributed by atoms with Gasteiger partial charge in [-0.1, -0.05) is 23.7 Å². The van der Waals surface area contributed by atoms with Crippen molar-refractivity contribution in [1.82, 2.24) is 14.9 Å². The summed E-state index contributed by atoms with van der Waals surface area (Å²) in [5.74, 6) is 0.709. The lowest BCUT2D eigenvalue weighted by atomic mass is 9.65. The molecule has 2 N–H and O–H groups in total. The molecule has 2 atom stereocenters. The van der Waals surface area contributed by atoms with Gasteiger partial charge in [-0.2, -0.15) is 4.98 Å². The van der Waals surface area contributed by atoms with E-state index in [9.17, 15) is 14.3 Å². The van der Waals surface area contributed by atoms with Crippen LogP contribution in [0.1, 0.15) is 56.7 Å². The first-order valence-electron chi connectivity index (χ1n) is 12.9. The Balaban J connectivity index is 1.17. The second-order valence-electron chi connectivity index (χ2n) is 11.2. The highest BCUT2D eigenvalue weighted by Gasteiger charge is 2.49. The van der Waals surface area contributed by atoms with Crippen molar-refractivity contribution in [3.05, 3.63) is 46.4 Å². The van der Waals surface area contributed by atoms with Crippen molar-refractivity contribution in [3.63, 3.8) is 0 Å². The maximum atomic E-state index is 14.5. The number of aliphatic carboxylic acids is 1. The lowest BCUT2D eigenvalue weighted by Gasteiger charge is -2.52. The molecule has 5 rings (SSSR count). The minimum atomic E-state index is -0.675. The van der Waals surface area contributed by atoms with Crippen LogP contribution in [0.15, 0.2) is 24.4 Å². The molecule has 3 fully saturated rings. The number of nitrogens with zero attached hydrogens (tertiary/aromatic N) is 4. The van der Waals surface area contributed by atoms with Gasteiger partial charge < -0.3 is 20.2 Å². The molecule has 0 radical (unpaired) electrons. The van der Waals surface area contributed by atoms with Gasteiger partial charge in [0.25, 0.3) is 0 Å². The molecule has 0 amide bonds. The minimum absolute atomic E-state index is 0.183. The Morgan fingerprint density at radius 1 is 1.28 bits per heavy atom. The Bertz CT molecular complexity index is 1140. The highest BCUT2D eigenvalue weighted by Crippen LogP contribution is 2.45. The van der Waals surface area contributed by atoms with Crippen molar-refractivity contribution < 1.29 is 14.3 Å². The fourth-order valence-electron chi connectivity index (χ4n) is 6.02. The van der Waals surface area contributed by atoms with Crippen molar-refractivity contribution in [2.45, 2.75) is 58.5 Å². The fraction of sp³-hybridized carbons (Fsp3) is 0.593. The molecule has 36 heavy (non-hydrogen) atoms. The molecular formula is C27H35ClFN5O2. The van der Waals surface area contributed by atoms with E-state index in [-0.39, 0.29) is 11.9 Å². The summed E-state index contributed by atoms with van der Waals surface area (Å²) in [6.07, 6.45) is 5.08. The van der Waals surface area contributed by atoms with E-state index in [2.05, 4.69) is 25.1 Å². The zero-order chi connectivity index (χ0) is 25.6. The van der Waals surface area contributed by atoms with Gasteiger partial charge in [0.15, 0.2) is 11.6 Å². The summed E-state index contributed by atoms with van der Waals surface area (Å²) >= 11 is 6.40. The number of hydrogen-bond acceptors (Lipinski definition) is 6. The molecule has 1 aliphatic carbocycles. The largest absolute Gasteiger partial charge is 0.481 e. The van der Waals surface area contributed by atoms with Gasteiger partial charge in [0.1, 0.15) is 0 Å². The molecule has 9 heteroatoms. The average molecular weight is 516 g/mol. The number of nitrogens with one attached hydrogen (secondary N) is 1. The summed E-state index contributed by atoms with van der Waals surface area (Å²) in [6.45, 7) is 9.60. The predicted molar refractivity (Wildman–Crippen MR) is 139 cm³/mol. The molecule has 0 bridgehead atoms. The van der Waals surface area contributed by atoms with Crippen LogP contribution < -0.4 is 10.2 Å². The lowest BCUT2D eigenvalue weighted by molar-refractivity contribution is -0.158. The quantitative estimate of drug-likeness (QED) is 0.527. The number of carbonyl (C=O) groups is 1. The summed E-state index contributed by atoms with van der Waals surface area (Å²) in [5.41, 5.74) is 1.41. The fourth-order valence-corrected chi connectivity index (χ4v) is 6.42. The minimum Gasteiger partial charge on any atom is -0.481 e. The summed E-state index contributed by atoms with van der Waals surface area (Å²) in [7, 11) is 0. The molecule has 0 spiro atoms. The molecule has 3 aliphatic rings. The first kappa shape index (κ1) is 25.2. The van der Waals surface area contributed by atoms with Crippen LogP contribution in [0.5, 0.6) is 0 Å². The summed E-state index contributed by atoms with van der Waals surface area (Å²) < 4.78 is 14.5. The van der Waals surface area contributed by atoms with Crippen LogP contribution in [0.25, 0.3) is 0 Å². The zero-order valence-electron chi connectivity index (χ0n) is 21.2. The Hall–Kier alpha value is -2.45. The topological polar surface area (TPSA) is 81.6 Å². The van der Waals surface area contributed by atoms with Crippen molar-refractivity contribution in [2.75, 3.05) is 36.4 Å². The van der Waals surface area contributed by atoms with Crippen LogP contribution in [0.4, 0.5) is 16.2 Å². The number of piperidine rings is 1. The van der Waals surface area contributed by atoms with E-state index in [1.807, 2.05) is 39.0 Å². The number of rotatable bonds is 7. The smallest absolute Gasteiger partial charge is 0.309 e. The van der Waals surface area contributed by atoms with Gasteiger partial charge in [0, 0.05) is 30.7 Å². The SMILES string of the molecule is Cc1ccc(C(C)Nc2nc(N3CC(C4CCCN(C5CC(C)(C(=O)O)C5)C4)C3)ncc2F)c(Cl)c1. The first-order valence-corrected chi connectivity index (χ1v) is 13.3. The van der Waals surface area contributed by atoms with Gasteiger partial charge in [-0.15, -0.1) is 0 Å². The van der Waals surface area contributed by atoms with Crippen LogP contribution in [0.2, 0.25) is 5.02 Å². The monoisotopic (exact) mass is 515 g/mol. The number of aromatic nitrogens is 2. The van der Waals surface area contributed by atoms with Crippen molar-refractivity contribution in [3.8, 4) is 0 Å². The summed E-state index contributed by atoms with van der Waals surface area (Å²) in [6, 6.07) is 6.03. The van der Waals surface area contributed by atoms with Crippen molar-refractivity contribution in [2.24, 2.45) is 17.3 Å². The highest BCUT2D eigenvalue weighted by molar-refractivity contribution is 6.31. The van der Waals surface area contributed by atoms with Crippen LogP contribution in [-0.2, 0) is 4.79 Å². The van der Waals surface area contributed by atoms with E-state index < -0.39 is 17.2 Å². The standard InChI is InChI=1S/C27H35ClFN5O2/c1-16-6-7-21(22(28)9-16)17(2)31-24-23(29)12-30-26(32-24)34-14-19(15-34)18-5-4-8-33(13-18)20-10-27(3,11-20)25(35)36/h6-7,9,12,17-20H,4-5,8,10-11,13-15H2,1-3H3,(H,35,36)(H,30,31,32). The van der Waals surface area contributed by atoms with Crippen LogP contribution in [0, 0.1) is 30.0 Å². The number of halogens is 2. The lowest BCUT2D eigenvalue weighted by Crippen LogP contribution is -2.58. The molecule has 2 unspecified atom stereocenters. The third-order valence-electron chi connectivity index (χ3n) is 8.46. The van der Waals surface area contributed by atoms with E-state index in [4.69, 9.17) is 11.6 Å². The molecule has 194 valence electrons. The number of benzene rings is 1. The van der Waals surface area contributed by atoms with E-state index in [0.29, 0.717) is 28.8 Å². The molecule has 7 nitrogen and oxygen atoms in total. The number of aryl methyl sites for hydroxylation is 1. The van der Waals surface area contributed by atoms with Gasteiger partial charge in [0.2, 0.25) is 5.95 Å². The van der Waals surface area contributed by atoms with E-state index >= 15 is 0 Å². The van der Waals surface area contributed by atoms with E-state index in [1.54, 1.807) is 0 Å². The van der Waals surface area contributed by atoms with Gasteiger partial charge >= 0.3 is 5.97 Å². The van der Waals surface area contributed by atoms with E-state index in [0.717, 1.165) is 56.6 Å². The molecule has 1 aromatic heterocycles. The van der Waals surface area contributed by atoms with Crippen LogP contribution in [-0.4, -0.2) is 58.2 Å². The number of carboxylic acids is 1. The van der Waals surface area contributed by atoms with Gasteiger partial charge in [-0.3, -0.25) is 4.79 Å². The van der Waals surface area contributed by atoms with Crippen LogP contribution in [0.3, 0.4) is 0 Å². The number of carboxylic acid groups (broad SMARTS) is 1. The maximum Gasteiger partial charge on any atom is 0.309 e. The van der Waals surface area contributed by atoms with Gasteiger partial charge in [-0.05, 0) is 82.0 Å². The number of anilines is 2. The molecule has 1 saturated carbocycles. The Labute approximate surface area is 217 Å². The summed E-state index contributed by atoms with van der Waals surface area (Å²) in [5, 5.41) is 13.2. The average Bonchev–Trinajstić information content (AvgIpc) is 2.78. The highest BCUT2D eigenvalue weighted by atomic mass is 35.5. The Kier molecular flexibility index (Phi) is 6.85.